The van der Waals surface area contributed by atoms with Gasteiger partial charge in [0.15, 0.2) is 5.58 Å². The second-order valence-corrected chi connectivity index (χ2v) is 7.76. The number of piperidine rings is 1. The number of nitrogens with zero attached hydrogens (tertiary/aromatic N) is 3. The molecule has 3 N–H and O–H groups in total. The van der Waals surface area contributed by atoms with Gasteiger partial charge in [-0.05, 0) is 51.4 Å². The van der Waals surface area contributed by atoms with E-state index < -0.39 is 12.0 Å². The van der Waals surface area contributed by atoms with Crippen LogP contribution in [0.25, 0.3) is 11.0 Å². The summed E-state index contributed by atoms with van der Waals surface area (Å²) in [7, 11) is 0. The van der Waals surface area contributed by atoms with Crippen LogP contribution in [0.5, 0.6) is 0 Å². The minimum Gasteiger partial charge on any atom is -0.383 e. The van der Waals surface area contributed by atoms with E-state index in [4.69, 9.17) is 10.3 Å². The maximum absolute atomic E-state index is 13.3. The number of rotatable bonds is 9. The van der Waals surface area contributed by atoms with E-state index in [2.05, 4.69) is 10.1 Å². The highest BCUT2D eigenvalue weighted by atomic mass is 19.1. The van der Waals surface area contributed by atoms with Crippen LogP contribution in [0.15, 0.2) is 22.7 Å². The zero-order valence-electron chi connectivity index (χ0n) is 17.2. The molecular formula is C21H29FN4O4. The summed E-state index contributed by atoms with van der Waals surface area (Å²) in [5.41, 5.74) is 6.43. The largest absolute Gasteiger partial charge is 0.383 e. The number of nitrogens with two attached hydrogens (primary N) is 1. The van der Waals surface area contributed by atoms with Gasteiger partial charge >= 0.3 is 0 Å². The second-order valence-electron chi connectivity index (χ2n) is 7.76. The highest BCUT2D eigenvalue weighted by Crippen LogP contribution is 2.32. The number of amides is 2. The lowest BCUT2D eigenvalue weighted by Crippen LogP contribution is -2.45. The first kappa shape index (κ1) is 22.2. The first-order chi connectivity index (χ1) is 14.4. The second kappa shape index (κ2) is 9.99. The summed E-state index contributed by atoms with van der Waals surface area (Å²) in [6.45, 7) is 5.29. The summed E-state index contributed by atoms with van der Waals surface area (Å²) >= 11 is 0. The highest BCUT2D eigenvalue weighted by molar-refractivity contribution is 5.82. The van der Waals surface area contributed by atoms with Crippen molar-refractivity contribution in [2.45, 2.75) is 44.6 Å². The number of likely N-dealkylation sites (N-methyl/N-ethyl adjacent to an activating group) is 1. The first-order valence-electron chi connectivity index (χ1n) is 10.4. The van der Waals surface area contributed by atoms with Crippen LogP contribution in [-0.2, 0) is 9.59 Å². The molecule has 1 aromatic carbocycles. The number of carbonyl (C=O) groups is 2. The standard InChI is InChI=1S/C21H29FN4O4/c1-2-26(21(29)17(27)5-6-19(23)28)12-11-25-9-7-14(8-10-25)20-16-4-3-15(22)13-18(16)30-24-20/h3-4,13-14,17,27H,2,5-12H2,1H3,(H2,23,28). The average molecular weight is 420 g/mol. The number of primary amides is 1. The van der Waals surface area contributed by atoms with Crippen molar-refractivity contribution < 1.29 is 23.6 Å². The van der Waals surface area contributed by atoms with Gasteiger partial charge in [-0.15, -0.1) is 0 Å². The molecule has 1 fully saturated rings. The molecule has 8 nitrogen and oxygen atoms in total. The highest BCUT2D eigenvalue weighted by Gasteiger charge is 2.26. The number of halogens is 1. The Morgan fingerprint density at radius 1 is 1.40 bits per heavy atom. The number of hydrogen-bond acceptors (Lipinski definition) is 6. The predicted octanol–water partition coefficient (Wildman–Crippen LogP) is 1.62. The van der Waals surface area contributed by atoms with Gasteiger partial charge in [-0.3, -0.25) is 9.59 Å². The lowest BCUT2D eigenvalue weighted by molar-refractivity contribution is -0.140. The zero-order chi connectivity index (χ0) is 21.7. The van der Waals surface area contributed by atoms with Gasteiger partial charge in [-0.1, -0.05) is 5.16 Å². The summed E-state index contributed by atoms with van der Waals surface area (Å²) < 4.78 is 18.6. The molecule has 2 aromatic rings. The van der Waals surface area contributed by atoms with Crippen LogP contribution in [0.3, 0.4) is 0 Å². The number of hydrogen-bond donors (Lipinski definition) is 2. The minimum atomic E-state index is -1.20. The predicted molar refractivity (Wildman–Crippen MR) is 109 cm³/mol. The number of benzene rings is 1. The topological polar surface area (TPSA) is 113 Å². The van der Waals surface area contributed by atoms with E-state index in [9.17, 15) is 19.1 Å². The van der Waals surface area contributed by atoms with Gasteiger partial charge in [0.1, 0.15) is 11.9 Å². The molecule has 9 heteroatoms. The van der Waals surface area contributed by atoms with Crippen molar-refractivity contribution >= 4 is 22.8 Å². The Hall–Kier alpha value is -2.52. The van der Waals surface area contributed by atoms with Crippen molar-refractivity contribution in [2.24, 2.45) is 5.73 Å². The van der Waals surface area contributed by atoms with Crippen molar-refractivity contribution in [1.29, 1.82) is 0 Å². The molecule has 0 radical (unpaired) electrons. The van der Waals surface area contributed by atoms with E-state index in [-0.39, 0.29) is 30.5 Å². The lowest BCUT2D eigenvalue weighted by atomic mass is 9.91. The summed E-state index contributed by atoms with van der Waals surface area (Å²) in [6.07, 6.45) is 0.640. The van der Waals surface area contributed by atoms with Gasteiger partial charge in [0.25, 0.3) is 5.91 Å². The van der Waals surface area contributed by atoms with Gasteiger partial charge in [0.05, 0.1) is 5.69 Å². The van der Waals surface area contributed by atoms with Crippen LogP contribution in [0.2, 0.25) is 0 Å². The van der Waals surface area contributed by atoms with Crippen molar-refractivity contribution in [3.63, 3.8) is 0 Å². The van der Waals surface area contributed by atoms with E-state index in [0.717, 1.165) is 37.0 Å². The molecule has 30 heavy (non-hydrogen) atoms. The van der Waals surface area contributed by atoms with E-state index >= 15 is 0 Å². The molecule has 0 aliphatic carbocycles. The summed E-state index contributed by atoms with van der Waals surface area (Å²) in [6, 6.07) is 4.50. The van der Waals surface area contributed by atoms with Crippen molar-refractivity contribution in [1.82, 2.24) is 15.0 Å². The number of aliphatic hydroxyl groups is 1. The maximum Gasteiger partial charge on any atom is 0.251 e. The number of carbonyl (C=O) groups excluding carboxylic acids is 2. The summed E-state index contributed by atoms with van der Waals surface area (Å²) in [4.78, 5) is 27.1. The summed E-state index contributed by atoms with van der Waals surface area (Å²) in [5, 5.41) is 15.0. The van der Waals surface area contributed by atoms with Crippen LogP contribution in [-0.4, -0.2) is 70.7 Å². The van der Waals surface area contributed by atoms with E-state index in [1.54, 1.807) is 11.0 Å². The van der Waals surface area contributed by atoms with Crippen molar-refractivity contribution in [3.8, 4) is 0 Å². The lowest BCUT2D eigenvalue weighted by Gasteiger charge is -2.33. The SMILES string of the molecule is CCN(CCN1CCC(c2noc3cc(F)ccc23)CC1)C(=O)C(O)CCC(N)=O. The third-order valence-electron chi connectivity index (χ3n) is 5.77. The maximum atomic E-state index is 13.3. The molecule has 1 saturated heterocycles. The third kappa shape index (κ3) is 5.34. The molecule has 3 rings (SSSR count). The molecule has 1 aromatic heterocycles. The molecule has 1 unspecified atom stereocenters. The Labute approximate surface area is 174 Å². The molecule has 2 amide bonds. The first-order valence-corrected chi connectivity index (χ1v) is 10.4. The molecule has 2 heterocycles. The Bertz CT molecular complexity index is 879. The average Bonchev–Trinajstić information content (AvgIpc) is 3.15. The van der Waals surface area contributed by atoms with Gasteiger partial charge < -0.3 is 25.2 Å². The smallest absolute Gasteiger partial charge is 0.251 e. The van der Waals surface area contributed by atoms with Crippen LogP contribution in [0.1, 0.15) is 44.2 Å². The fourth-order valence-electron chi connectivity index (χ4n) is 3.95. The van der Waals surface area contributed by atoms with Crippen molar-refractivity contribution in [2.75, 3.05) is 32.7 Å². The number of fused-ring (bicyclic) bond motifs is 1. The van der Waals surface area contributed by atoms with Crippen molar-refractivity contribution in [3.05, 3.63) is 29.7 Å². The Balaban J connectivity index is 1.49. The van der Waals surface area contributed by atoms with Gasteiger partial charge in [-0.25, -0.2) is 4.39 Å². The van der Waals surface area contributed by atoms with Crippen LogP contribution in [0, 0.1) is 5.82 Å². The van der Waals surface area contributed by atoms with Crippen LogP contribution >= 0.6 is 0 Å². The number of aromatic nitrogens is 1. The molecule has 1 atom stereocenters. The molecule has 0 spiro atoms. The van der Waals surface area contributed by atoms with E-state index in [0.29, 0.717) is 25.2 Å². The van der Waals surface area contributed by atoms with E-state index in [1.807, 2.05) is 6.92 Å². The monoisotopic (exact) mass is 420 g/mol. The zero-order valence-corrected chi connectivity index (χ0v) is 17.2. The number of aliphatic hydroxyl groups excluding tert-OH is 1. The van der Waals surface area contributed by atoms with Gasteiger partial charge in [0, 0.05) is 43.4 Å². The molecule has 0 saturated carbocycles. The van der Waals surface area contributed by atoms with Gasteiger partial charge in [-0.2, -0.15) is 0 Å². The number of likely N-dealkylation sites (tertiary alicyclic amines) is 1. The van der Waals surface area contributed by atoms with Crippen LogP contribution in [0.4, 0.5) is 4.39 Å². The molecule has 1 aliphatic rings. The Morgan fingerprint density at radius 3 is 2.80 bits per heavy atom. The normalized spacial score (nSPS) is 16.6. The fourth-order valence-corrected chi connectivity index (χ4v) is 3.95. The Kier molecular flexibility index (Phi) is 7.38. The molecule has 0 bridgehead atoms. The molecule has 164 valence electrons. The molecule has 1 aliphatic heterocycles. The fraction of sp³-hybridized carbons (Fsp3) is 0.571. The van der Waals surface area contributed by atoms with Gasteiger partial charge in [0.2, 0.25) is 5.91 Å². The van der Waals surface area contributed by atoms with E-state index in [1.165, 1.54) is 12.1 Å². The molecular weight excluding hydrogens is 391 g/mol. The quantitative estimate of drug-likeness (QED) is 0.637. The summed E-state index contributed by atoms with van der Waals surface area (Å²) in [5.74, 6) is -0.977. The third-order valence-corrected chi connectivity index (χ3v) is 5.77. The Morgan fingerprint density at radius 2 is 2.13 bits per heavy atom. The minimum absolute atomic E-state index is 0.0126. The van der Waals surface area contributed by atoms with Crippen LogP contribution < -0.4 is 5.73 Å².